The minimum Gasteiger partial charge on any atom is -0.479 e. The van der Waals surface area contributed by atoms with Crippen molar-refractivity contribution in [2.45, 2.75) is 19.1 Å². The van der Waals surface area contributed by atoms with Crippen molar-refractivity contribution in [3.8, 4) is 0 Å². The number of hydrogen-bond acceptors (Lipinski definition) is 5. The Kier molecular flexibility index (Phi) is 5.94. The van der Waals surface area contributed by atoms with Gasteiger partial charge in [-0.15, -0.1) is 0 Å². The van der Waals surface area contributed by atoms with Crippen LogP contribution in [0.3, 0.4) is 0 Å². The van der Waals surface area contributed by atoms with Crippen LogP contribution >= 0.6 is 0 Å². The zero-order valence-corrected chi connectivity index (χ0v) is 11.3. The Morgan fingerprint density at radius 2 is 1.95 bits per heavy atom. The van der Waals surface area contributed by atoms with E-state index < -0.39 is 22.2 Å². The Morgan fingerprint density at radius 3 is 2.47 bits per heavy atom. The second kappa shape index (κ2) is 7.22. The van der Waals surface area contributed by atoms with Crippen molar-refractivity contribution >= 4 is 16.1 Å². The maximum Gasteiger partial charge on any atom is 0.334 e. The summed E-state index contributed by atoms with van der Waals surface area (Å²) in [6.45, 7) is 0.438. The summed E-state index contributed by atoms with van der Waals surface area (Å²) >= 11 is 0. The Morgan fingerprint density at radius 1 is 1.32 bits per heavy atom. The van der Waals surface area contributed by atoms with Crippen LogP contribution in [0.15, 0.2) is 30.3 Å². The van der Waals surface area contributed by atoms with Crippen LogP contribution in [0.1, 0.15) is 12.0 Å². The van der Waals surface area contributed by atoms with E-state index in [0.717, 1.165) is 11.8 Å². The lowest BCUT2D eigenvalue weighted by Crippen LogP contribution is -2.28. The van der Waals surface area contributed by atoms with Crippen LogP contribution in [-0.2, 0) is 30.4 Å². The Balaban J connectivity index is 2.35. The molecule has 1 unspecified atom stereocenters. The predicted octanol–water partition coefficient (Wildman–Crippen LogP) is 1.02. The van der Waals surface area contributed by atoms with Gasteiger partial charge in [0.1, 0.15) is 0 Å². The number of benzene rings is 1. The van der Waals surface area contributed by atoms with Crippen LogP contribution in [-0.4, -0.2) is 38.5 Å². The number of carboxylic acids is 1. The van der Waals surface area contributed by atoms with Gasteiger partial charge in [-0.2, -0.15) is 8.42 Å². The van der Waals surface area contributed by atoms with E-state index in [1.54, 1.807) is 0 Å². The molecule has 1 aromatic rings. The van der Waals surface area contributed by atoms with Gasteiger partial charge in [-0.25, -0.2) is 4.79 Å². The maximum absolute atomic E-state index is 10.9. The van der Waals surface area contributed by atoms with Gasteiger partial charge in [0.2, 0.25) is 0 Å². The highest BCUT2D eigenvalue weighted by molar-refractivity contribution is 7.86. The Hall–Kier alpha value is -1.44. The van der Waals surface area contributed by atoms with E-state index in [1.807, 2.05) is 30.3 Å². The number of ether oxygens (including phenoxy) is 1. The molecule has 6 nitrogen and oxygen atoms in total. The van der Waals surface area contributed by atoms with Gasteiger partial charge in [0.25, 0.3) is 10.1 Å². The monoisotopic (exact) mass is 288 g/mol. The fourth-order valence-corrected chi connectivity index (χ4v) is 1.98. The average molecular weight is 288 g/mol. The molecule has 0 heterocycles. The van der Waals surface area contributed by atoms with Crippen molar-refractivity contribution in [3.05, 3.63) is 35.9 Å². The molecule has 1 aromatic carbocycles. The summed E-state index contributed by atoms with van der Waals surface area (Å²) in [5, 5.41) is 8.81. The lowest BCUT2D eigenvalue weighted by atomic mass is 10.2. The first kappa shape index (κ1) is 15.6. The summed E-state index contributed by atoms with van der Waals surface area (Å²) in [6.07, 6.45) is -0.631. The molecule has 1 rings (SSSR count). The van der Waals surface area contributed by atoms with E-state index in [0.29, 0.717) is 6.61 Å². The second-order valence-corrected chi connectivity index (χ2v) is 5.55. The minimum absolute atomic E-state index is 0.0325. The van der Waals surface area contributed by atoms with Crippen molar-refractivity contribution in [2.24, 2.45) is 0 Å². The van der Waals surface area contributed by atoms with Gasteiger partial charge in [-0.1, -0.05) is 30.3 Å². The summed E-state index contributed by atoms with van der Waals surface area (Å²) in [6, 6.07) is 9.37. The molecule has 19 heavy (non-hydrogen) atoms. The fourth-order valence-electron chi connectivity index (χ4n) is 1.38. The topological polar surface area (TPSA) is 89.9 Å². The molecule has 0 aliphatic rings. The summed E-state index contributed by atoms with van der Waals surface area (Å²) < 4.78 is 31.5. The largest absolute Gasteiger partial charge is 0.479 e. The summed E-state index contributed by atoms with van der Waals surface area (Å²) in [7, 11) is -3.79. The lowest BCUT2D eigenvalue weighted by molar-refractivity contribution is -0.145. The second-order valence-electron chi connectivity index (χ2n) is 3.95. The smallest absolute Gasteiger partial charge is 0.334 e. The number of carbonyl (C=O) groups is 1. The zero-order valence-electron chi connectivity index (χ0n) is 10.5. The first-order valence-electron chi connectivity index (χ1n) is 5.61. The molecule has 1 N–H and O–H groups in total. The Labute approximate surface area is 112 Å². The van der Waals surface area contributed by atoms with E-state index >= 15 is 0 Å². The molecule has 0 fully saturated rings. The van der Waals surface area contributed by atoms with Gasteiger partial charge in [0.05, 0.1) is 19.5 Å². The van der Waals surface area contributed by atoms with Crippen molar-refractivity contribution < 1.29 is 27.2 Å². The minimum atomic E-state index is -3.79. The van der Waals surface area contributed by atoms with Crippen LogP contribution in [0.5, 0.6) is 0 Å². The molecule has 106 valence electrons. The average Bonchev–Trinajstić information content (AvgIpc) is 2.32. The molecular formula is C12H16O6S. The normalized spacial score (nSPS) is 13.1. The Bertz CT molecular complexity index is 496. The summed E-state index contributed by atoms with van der Waals surface area (Å²) in [4.78, 5) is 10.8. The number of aliphatic carboxylic acids is 1. The van der Waals surface area contributed by atoms with Crippen molar-refractivity contribution in [3.63, 3.8) is 0 Å². The van der Waals surface area contributed by atoms with Crippen molar-refractivity contribution in [1.82, 2.24) is 0 Å². The van der Waals surface area contributed by atoms with Crippen molar-refractivity contribution in [2.75, 3.05) is 12.9 Å². The number of rotatable bonds is 8. The molecule has 0 saturated carbocycles. The zero-order chi connectivity index (χ0) is 14.3. The molecular weight excluding hydrogens is 272 g/mol. The molecule has 0 bridgehead atoms. The third-order valence-corrected chi connectivity index (χ3v) is 2.78. The highest BCUT2D eigenvalue weighted by Crippen LogP contribution is 2.06. The maximum atomic E-state index is 10.9. The third-order valence-electron chi connectivity index (χ3n) is 2.20. The molecule has 0 amide bonds. The van der Waals surface area contributed by atoms with Gasteiger partial charge >= 0.3 is 5.97 Å². The van der Waals surface area contributed by atoms with Crippen LogP contribution < -0.4 is 0 Å². The van der Waals surface area contributed by atoms with Gasteiger partial charge in [0.15, 0.2) is 6.10 Å². The van der Waals surface area contributed by atoms with E-state index in [-0.39, 0.29) is 13.0 Å². The van der Waals surface area contributed by atoms with Crippen molar-refractivity contribution in [1.29, 1.82) is 0 Å². The van der Waals surface area contributed by atoms with Gasteiger partial charge in [-0.3, -0.25) is 4.18 Å². The van der Waals surface area contributed by atoms with Gasteiger partial charge in [0, 0.05) is 6.42 Å². The van der Waals surface area contributed by atoms with E-state index in [1.165, 1.54) is 0 Å². The quantitative estimate of drug-likeness (QED) is 0.567. The fraction of sp³-hybridized carbons (Fsp3) is 0.417. The van der Waals surface area contributed by atoms with Crippen LogP contribution in [0.2, 0.25) is 0 Å². The lowest BCUT2D eigenvalue weighted by Gasteiger charge is -2.11. The predicted molar refractivity (Wildman–Crippen MR) is 68.1 cm³/mol. The van der Waals surface area contributed by atoms with Crippen LogP contribution in [0, 0.1) is 0 Å². The number of hydrogen-bond donors (Lipinski definition) is 1. The highest BCUT2D eigenvalue weighted by Gasteiger charge is 2.22. The van der Waals surface area contributed by atoms with Crippen LogP contribution in [0.25, 0.3) is 0 Å². The summed E-state index contributed by atoms with van der Waals surface area (Å²) in [5.74, 6) is -1.33. The van der Waals surface area contributed by atoms with E-state index in [9.17, 15) is 13.2 Å². The first-order valence-corrected chi connectivity index (χ1v) is 7.43. The molecule has 0 aliphatic heterocycles. The molecule has 0 spiro atoms. The van der Waals surface area contributed by atoms with Gasteiger partial charge < -0.3 is 9.84 Å². The SMILES string of the molecule is CS(=O)(=O)OC(CCOCc1ccccc1)C(=O)O. The third kappa shape index (κ3) is 6.90. The standard InChI is InChI=1S/C12H16O6S/c1-19(15,16)18-11(12(13)14)7-8-17-9-10-5-3-2-4-6-10/h2-6,11H,7-9H2,1H3,(H,13,14). The molecule has 7 heteroatoms. The van der Waals surface area contributed by atoms with E-state index in [2.05, 4.69) is 4.18 Å². The highest BCUT2D eigenvalue weighted by atomic mass is 32.2. The van der Waals surface area contributed by atoms with Crippen LogP contribution in [0.4, 0.5) is 0 Å². The van der Waals surface area contributed by atoms with E-state index in [4.69, 9.17) is 9.84 Å². The molecule has 0 saturated heterocycles. The number of carboxylic acid groups (broad SMARTS) is 1. The molecule has 0 radical (unpaired) electrons. The summed E-state index contributed by atoms with van der Waals surface area (Å²) in [5.41, 5.74) is 0.957. The van der Waals surface area contributed by atoms with Gasteiger partial charge in [-0.05, 0) is 5.56 Å². The first-order chi connectivity index (χ1) is 8.88. The molecule has 0 aliphatic carbocycles. The molecule has 1 atom stereocenters. The molecule has 0 aromatic heterocycles.